The van der Waals surface area contributed by atoms with Gasteiger partial charge in [-0.3, -0.25) is 13.8 Å². The minimum atomic E-state index is -4.37. The van der Waals surface area contributed by atoms with Gasteiger partial charge in [-0.05, 0) is 83.5 Å². The van der Waals surface area contributed by atoms with Crippen LogP contribution < -0.4 is 11.1 Å². The van der Waals surface area contributed by atoms with Crippen molar-refractivity contribution in [3.63, 3.8) is 0 Å². The molecule has 59 heavy (non-hydrogen) atoms. The number of aliphatic hydroxyl groups excluding tert-OH is 1. The van der Waals surface area contributed by atoms with Gasteiger partial charge in [0.2, 0.25) is 5.91 Å². The van der Waals surface area contributed by atoms with Gasteiger partial charge in [0.15, 0.2) is 0 Å². The van der Waals surface area contributed by atoms with Gasteiger partial charge in [0.1, 0.15) is 0 Å². The van der Waals surface area contributed by atoms with E-state index in [2.05, 4.69) is 116 Å². The Bertz CT molecular complexity index is 1280. The Morgan fingerprint density at radius 1 is 0.576 bits per heavy atom. The highest BCUT2D eigenvalue weighted by molar-refractivity contribution is 7.47. The third-order valence-corrected chi connectivity index (χ3v) is 10.3. The van der Waals surface area contributed by atoms with Crippen LogP contribution in [0.4, 0.5) is 0 Å². The van der Waals surface area contributed by atoms with Crippen molar-refractivity contribution in [1.29, 1.82) is 0 Å². The van der Waals surface area contributed by atoms with Crippen molar-refractivity contribution in [3.8, 4) is 0 Å². The predicted molar refractivity (Wildman–Crippen MR) is 253 cm³/mol. The average Bonchev–Trinajstić information content (AvgIpc) is 3.22. The minimum Gasteiger partial charge on any atom is -0.387 e. The molecule has 3 atom stereocenters. The minimum absolute atomic E-state index is 0.0586. The molecule has 0 fully saturated rings. The number of phosphoric ester groups is 1. The zero-order chi connectivity index (χ0) is 43.2. The van der Waals surface area contributed by atoms with Gasteiger partial charge in [0.25, 0.3) is 0 Å². The molecule has 0 saturated heterocycles. The van der Waals surface area contributed by atoms with Crippen molar-refractivity contribution in [2.75, 3.05) is 19.8 Å². The van der Waals surface area contributed by atoms with E-state index in [4.69, 9.17) is 14.8 Å². The van der Waals surface area contributed by atoms with Crippen LogP contribution in [0.15, 0.2) is 109 Å². The molecule has 9 heteroatoms. The van der Waals surface area contributed by atoms with Gasteiger partial charge in [0.05, 0.1) is 25.4 Å². The summed E-state index contributed by atoms with van der Waals surface area (Å²) in [4.78, 5) is 22.7. The van der Waals surface area contributed by atoms with E-state index < -0.39 is 20.0 Å². The van der Waals surface area contributed by atoms with Crippen LogP contribution in [0.25, 0.3) is 0 Å². The topological polar surface area (TPSA) is 131 Å². The molecule has 1 amide bonds. The first kappa shape index (κ1) is 56.2. The Morgan fingerprint density at radius 3 is 1.51 bits per heavy atom. The van der Waals surface area contributed by atoms with E-state index in [1.165, 1.54) is 70.6 Å². The van der Waals surface area contributed by atoms with Gasteiger partial charge in [-0.1, -0.05) is 187 Å². The van der Waals surface area contributed by atoms with E-state index in [9.17, 15) is 19.4 Å². The van der Waals surface area contributed by atoms with Crippen molar-refractivity contribution in [1.82, 2.24) is 5.32 Å². The fourth-order valence-electron chi connectivity index (χ4n) is 5.90. The molecule has 0 saturated carbocycles. The second-order valence-electron chi connectivity index (χ2n) is 14.9. The molecule has 0 radical (unpaired) electrons. The molecule has 0 heterocycles. The molecule has 5 N–H and O–H groups in total. The monoisotopic (exact) mass is 841 g/mol. The molecular weight excluding hydrogens is 756 g/mol. The van der Waals surface area contributed by atoms with E-state index in [0.29, 0.717) is 6.42 Å². The summed E-state index contributed by atoms with van der Waals surface area (Å²) >= 11 is 0. The summed E-state index contributed by atoms with van der Waals surface area (Å²) in [7, 11) is -4.37. The molecule has 0 aliphatic rings. The first-order valence-corrected chi connectivity index (χ1v) is 24.5. The van der Waals surface area contributed by atoms with Crippen LogP contribution in [0.3, 0.4) is 0 Å². The first-order chi connectivity index (χ1) is 28.9. The number of carbonyl (C=O) groups excluding carboxylic acids is 1. The lowest BCUT2D eigenvalue weighted by atomic mass is 10.1. The molecule has 0 spiro atoms. The Morgan fingerprint density at radius 2 is 1.00 bits per heavy atom. The molecule has 336 valence electrons. The fourth-order valence-corrected chi connectivity index (χ4v) is 6.66. The SMILES string of the molecule is CC/C=C\C/C=C\C/C=C\C/C=C\C/C=C\C/C=C\C/C=C\CCCC(=O)NC(COP(=O)(O)OCCN)C(O)/C=C/CC/C=C/CCCCCCCCCCCCC. The van der Waals surface area contributed by atoms with Gasteiger partial charge < -0.3 is 21.1 Å². The molecule has 0 aromatic rings. The third kappa shape index (κ3) is 43.1. The molecular formula is C50H85N2O6P. The number of unbranched alkanes of at least 4 members (excludes halogenated alkanes) is 13. The molecule has 0 aliphatic heterocycles. The van der Waals surface area contributed by atoms with E-state index in [1.54, 1.807) is 6.08 Å². The van der Waals surface area contributed by atoms with Crippen molar-refractivity contribution >= 4 is 13.7 Å². The van der Waals surface area contributed by atoms with Crippen LogP contribution in [0.2, 0.25) is 0 Å². The van der Waals surface area contributed by atoms with Gasteiger partial charge in [-0.2, -0.15) is 0 Å². The molecule has 0 aromatic heterocycles. The van der Waals surface area contributed by atoms with Crippen LogP contribution in [-0.4, -0.2) is 47.8 Å². The number of nitrogens with two attached hydrogens (primary N) is 1. The number of hydrogen-bond acceptors (Lipinski definition) is 6. The summed E-state index contributed by atoms with van der Waals surface area (Å²) in [6.07, 6.45) is 62.9. The molecule has 3 unspecified atom stereocenters. The highest BCUT2D eigenvalue weighted by Gasteiger charge is 2.26. The Labute approximate surface area is 361 Å². The van der Waals surface area contributed by atoms with Gasteiger partial charge in [-0.25, -0.2) is 4.57 Å². The number of amides is 1. The first-order valence-electron chi connectivity index (χ1n) is 23.0. The summed E-state index contributed by atoms with van der Waals surface area (Å²) in [6.45, 7) is 3.94. The van der Waals surface area contributed by atoms with Gasteiger partial charge in [0, 0.05) is 13.0 Å². The second-order valence-corrected chi connectivity index (χ2v) is 16.3. The van der Waals surface area contributed by atoms with E-state index >= 15 is 0 Å². The van der Waals surface area contributed by atoms with Crippen molar-refractivity contribution in [2.45, 2.75) is 180 Å². The predicted octanol–water partition coefficient (Wildman–Crippen LogP) is 13.3. The van der Waals surface area contributed by atoms with Crippen LogP contribution in [-0.2, 0) is 18.4 Å². The van der Waals surface area contributed by atoms with E-state index in [-0.39, 0.29) is 32.1 Å². The maximum absolute atomic E-state index is 12.8. The van der Waals surface area contributed by atoms with E-state index in [0.717, 1.165) is 70.6 Å². The molecule has 0 aromatic carbocycles. The number of nitrogens with one attached hydrogen (secondary N) is 1. The summed E-state index contributed by atoms with van der Waals surface area (Å²) in [5.74, 6) is -0.266. The lowest BCUT2D eigenvalue weighted by Crippen LogP contribution is -2.45. The number of allylic oxidation sites excluding steroid dienone is 17. The third-order valence-electron chi connectivity index (χ3n) is 9.33. The van der Waals surface area contributed by atoms with E-state index in [1.807, 2.05) is 6.08 Å². The smallest absolute Gasteiger partial charge is 0.387 e. The van der Waals surface area contributed by atoms with Gasteiger partial charge >= 0.3 is 7.82 Å². The lowest BCUT2D eigenvalue weighted by molar-refractivity contribution is -0.122. The van der Waals surface area contributed by atoms with Gasteiger partial charge in [-0.15, -0.1) is 0 Å². The summed E-state index contributed by atoms with van der Waals surface area (Å²) in [5, 5.41) is 13.6. The number of carbonyl (C=O) groups is 1. The summed E-state index contributed by atoms with van der Waals surface area (Å²) in [6, 6.07) is -0.916. The van der Waals surface area contributed by atoms with Crippen LogP contribution in [0.5, 0.6) is 0 Å². The Balaban J connectivity index is 4.38. The zero-order valence-corrected chi connectivity index (χ0v) is 38.1. The Hall–Kier alpha value is -2.84. The second kappa shape index (κ2) is 44.7. The lowest BCUT2D eigenvalue weighted by Gasteiger charge is -2.23. The largest absolute Gasteiger partial charge is 0.472 e. The van der Waals surface area contributed by atoms with Crippen molar-refractivity contribution in [3.05, 3.63) is 109 Å². The van der Waals surface area contributed by atoms with Crippen LogP contribution in [0.1, 0.15) is 168 Å². The van der Waals surface area contributed by atoms with Crippen molar-refractivity contribution in [2.24, 2.45) is 5.73 Å². The molecule has 8 nitrogen and oxygen atoms in total. The summed E-state index contributed by atoms with van der Waals surface area (Å²) < 4.78 is 22.1. The molecule has 0 aliphatic carbocycles. The fraction of sp³-hybridized carbons (Fsp3) is 0.620. The zero-order valence-electron chi connectivity index (χ0n) is 37.2. The molecule has 0 bridgehead atoms. The normalized spacial score (nSPS) is 15.0. The number of phosphoric acid groups is 1. The highest BCUT2D eigenvalue weighted by atomic mass is 31.2. The standard InChI is InChI=1S/C50H85N2O6P/c1-3-5-7-9-11-13-15-17-19-21-22-23-24-25-26-28-30-32-34-36-38-40-42-44-50(54)52-48(47-58-59(55,56)57-46-45-51)49(53)43-41-39-37-35-33-31-29-27-20-18-16-14-12-10-8-6-4-2/h5,7,11,13,17,19,22-23,25-26,30,32-33,35-36,38,41,43,48-49,53H,3-4,6,8-10,12,14-16,18,20-21,24,27-29,31,34,37,39-40,42,44-47,51H2,1-2H3,(H,52,54)(H,55,56)/b7-5-,13-11-,19-17-,23-22-,26-25-,32-30-,35-33+,38-36-,43-41+. The number of aliphatic hydroxyl groups is 1. The summed E-state index contributed by atoms with van der Waals surface area (Å²) in [5.41, 5.74) is 5.37. The quantitative estimate of drug-likeness (QED) is 0.0274. The maximum Gasteiger partial charge on any atom is 0.472 e. The van der Waals surface area contributed by atoms with Crippen LogP contribution >= 0.6 is 7.82 Å². The number of rotatable bonds is 41. The van der Waals surface area contributed by atoms with Crippen molar-refractivity contribution < 1.29 is 28.4 Å². The number of hydrogen-bond donors (Lipinski definition) is 4. The maximum atomic E-state index is 12.8. The highest BCUT2D eigenvalue weighted by Crippen LogP contribution is 2.43. The average molecular weight is 841 g/mol. The van der Waals surface area contributed by atoms with Crippen LogP contribution in [0, 0.1) is 0 Å². The Kier molecular flexibility index (Phi) is 42.6. The molecule has 0 rings (SSSR count).